The van der Waals surface area contributed by atoms with Gasteiger partial charge < -0.3 is 9.47 Å². The van der Waals surface area contributed by atoms with Crippen molar-refractivity contribution in [1.29, 1.82) is 0 Å². The highest BCUT2D eigenvalue weighted by molar-refractivity contribution is 5.97. The molecule has 26 heavy (non-hydrogen) atoms. The predicted octanol–water partition coefficient (Wildman–Crippen LogP) is 3.05. The summed E-state index contributed by atoms with van der Waals surface area (Å²) in [6.07, 6.45) is 0.974. The number of rotatable bonds is 7. The third kappa shape index (κ3) is 4.99. The van der Waals surface area contributed by atoms with Gasteiger partial charge >= 0.3 is 0 Å². The van der Waals surface area contributed by atoms with E-state index >= 15 is 0 Å². The summed E-state index contributed by atoms with van der Waals surface area (Å²) < 4.78 is 10.7. The average molecular weight is 356 g/mol. The highest BCUT2D eigenvalue weighted by atomic mass is 16.5. The van der Waals surface area contributed by atoms with E-state index in [4.69, 9.17) is 9.47 Å². The Balaban J connectivity index is 1.89. The van der Waals surface area contributed by atoms with Crippen LogP contribution in [0.3, 0.4) is 0 Å². The molecule has 2 N–H and O–H groups in total. The van der Waals surface area contributed by atoms with Gasteiger partial charge in [-0.15, -0.1) is 0 Å². The molecular weight excluding hydrogens is 332 g/mol. The smallest absolute Gasteiger partial charge is 0.276 e. The minimum atomic E-state index is -0.462. The fourth-order valence-corrected chi connectivity index (χ4v) is 2.44. The predicted molar refractivity (Wildman–Crippen MR) is 99.2 cm³/mol. The van der Waals surface area contributed by atoms with Crippen LogP contribution < -0.4 is 20.3 Å². The standard InChI is InChI=1S/C20H24N2O4/c1-4-14(2)15-9-5-8-12-18(15)26-13-19(23)21-22-20(24)16-10-6-7-11-17(16)25-3/h5-12,14H,4,13H2,1-3H3,(H,21,23)(H,22,24). The second-order valence-corrected chi connectivity index (χ2v) is 5.84. The summed E-state index contributed by atoms with van der Waals surface area (Å²) in [6, 6.07) is 14.4. The molecule has 1 atom stereocenters. The number of carbonyl (C=O) groups is 2. The molecule has 2 amide bonds. The number of methoxy groups -OCH3 is 1. The number of para-hydroxylation sites is 2. The van der Waals surface area contributed by atoms with Crippen LogP contribution in [-0.4, -0.2) is 25.5 Å². The van der Waals surface area contributed by atoms with Gasteiger partial charge in [-0.05, 0) is 36.1 Å². The Morgan fingerprint density at radius 3 is 2.35 bits per heavy atom. The molecule has 0 radical (unpaired) electrons. The molecular formula is C20H24N2O4. The summed E-state index contributed by atoms with van der Waals surface area (Å²) in [6.45, 7) is 4.01. The fraction of sp³-hybridized carbons (Fsp3) is 0.300. The first-order chi connectivity index (χ1) is 12.6. The highest BCUT2D eigenvalue weighted by Crippen LogP contribution is 2.28. The molecule has 0 bridgehead atoms. The monoisotopic (exact) mass is 356 g/mol. The van der Waals surface area contributed by atoms with Crippen molar-refractivity contribution in [2.75, 3.05) is 13.7 Å². The number of hydrogen-bond donors (Lipinski definition) is 2. The molecule has 0 aliphatic carbocycles. The van der Waals surface area contributed by atoms with Crippen molar-refractivity contribution in [1.82, 2.24) is 10.9 Å². The van der Waals surface area contributed by atoms with Gasteiger partial charge in [0.15, 0.2) is 6.61 Å². The second kappa shape index (κ2) is 9.46. The lowest BCUT2D eigenvalue weighted by Gasteiger charge is -2.15. The first-order valence-electron chi connectivity index (χ1n) is 8.50. The first kappa shape index (κ1) is 19.3. The van der Waals surface area contributed by atoms with Gasteiger partial charge in [0, 0.05) is 0 Å². The Labute approximate surface area is 153 Å². The quantitative estimate of drug-likeness (QED) is 0.748. The van der Waals surface area contributed by atoms with Gasteiger partial charge in [-0.3, -0.25) is 20.4 Å². The van der Waals surface area contributed by atoms with Crippen LogP contribution in [0.1, 0.15) is 42.1 Å². The number of amides is 2. The van der Waals surface area contributed by atoms with Crippen molar-refractivity contribution in [3.8, 4) is 11.5 Å². The van der Waals surface area contributed by atoms with Crippen molar-refractivity contribution < 1.29 is 19.1 Å². The first-order valence-corrected chi connectivity index (χ1v) is 8.50. The van der Waals surface area contributed by atoms with Crippen LogP contribution in [0.4, 0.5) is 0 Å². The minimum absolute atomic E-state index is 0.195. The lowest BCUT2D eigenvalue weighted by Crippen LogP contribution is -2.44. The molecule has 2 rings (SSSR count). The normalized spacial score (nSPS) is 11.3. The number of carbonyl (C=O) groups excluding carboxylic acids is 2. The van der Waals surface area contributed by atoms with E-state index < -0.39 is 11.8 Å². The zero-order chi connectivity index (χ0) is 18.9. The van der Waals surface area contributed by atoms with Gasteiger partial charge in [-0.25, -0.2) is 0 Å². The largest absolute Gasteiger partial charge is 0.496 e. The summed E-state index contributed by atoms with van der Waals surface area (Å²) in [5.41, 5.74) is 6.09. The lowest BCUT2D eigenvalue weighted by atomic mass is 9.98. The van der Waals surface area contributed by atoms with E-state index in [1.54, 1.807) is 24.3 Å². The number of ether oxygens (including phenoxy) is 2. The van der Waals surface area contributed by atoms with Crippen LogP contribution in [0.15, 0.2) is 48.5 Å². The van der Waals surface area contributed by atoms with Crippen LogP contribution in [0, 0.1) is 0 Å². The zero-order valence-electron chi connectivity index (χ0n) is 15.2. The van der Waals surface area contributed by atoms with Crippen LogP contribution in [0.2, 0.25) is 0 Å². The van der Waals surface area contributed by atoms with Gasteiger partial charge in [0.05, 0.1) is 12.7 Å². The Morgan fingerprint density at radius 2 is 1.65 bits per heavy atom. The Kier molecular flexibility index (Phi) is 7.02. The SMILES string of the molecule is CCC(C)c1ccccc1OCC(=O)NNC(=O)c1ccccc1OC. The average Bonchev–Trinajstić information content (AvgIpc) is 2.69. The van der Waals surface area contributed by atoms with Crippen molar-refractivity contribution in [2.45, 2.75) is 26.2 Å². The molecule has 0 saturated carbocycles. The van der Waals surface area contributed by atoms with E-state index in [0.717, 1.165) is 12.0 Å². The Bertz CT molecular complexity index is 761. The van der Waals surface area contributed by atoms with Crippen molar-refractivity contribution in [3.05, 3.63) is 59.7 Å². The summed E-state index contributed by atoms with van der Waals surface area (Å²) in [5, 5.41) is 0. The molecule has 0 heterocycles. The molecule has 0 fully saturated rings. The maximum atomic E-state index is 12.1. The molecule has 0 saturated heterocycles. The van der Waals surface area contributed by atoms with Gasteiger partial charge in [0.2, 0.25) is 0 Å². The topological polar surface area (TPSA) is 76.7 Å². The third-order valence-corrected chi connectivity index (χ3v) is 4.09. The van der Waals surface area contributed by atoms with E-state index in [1.807, 2.05) is 24.3 Å². The molecule has 2 aromatic rings. The fourth-order valence-electron chi connectivity index (χ4n) is 2.44. The van der Waals surface area contributed by atoms with Gasteiger partial charge in [0.25, 0.3) is 11.8 Å². The minimum Gasteiger partial charge on any atom is -0.496 e. The lowest BCUT2D eigenvalue weighted by molar-refractivity contribution is -0.123. The number of nitrogens with one attached hydrogen (secondary N) is 2. The number of benzene rings is 2. The Morgan fingerprint density at radius 1 is 1.00 bits per heavy atom. The van der Waals surface area contributed by atoms with Crippen LogP contribution >= 0.6 is 0 Å². The molecule has 0 aliphatic rings. The molecule has 2 aromatic carbocycles. The second-order valence-electron chi connectivity index (χ2n) is 5.84. The molecule has 6 nitrogen and oxygen atoms in total. The van der Waals surface area contributed by atoms with E-state index in [2.05, 4.69) is 24.7 Å². The van der Waals surface area contributed by atoms with Crippen molar-refractivity contribution in [3.63, 3.8) is 0 Å². The molecule has 0 aliphatic heterocycles. The zero-order valence-corrected chi connectivity index (χ0v) is 15.2. The highest BCUT2D eigenvalue weighted by Gasteiger charge is 2.14. The van der Waals surface area contributed by atoms with Gasteiger partial charge in [0.1, 0.15) is 11.5 Å². The van der Waals surface area contributed by atoms with E-state index in [1.165, 1.54) is 7.11 Å². The molecule has 6 heteroatoms. The van der Waals surface area contributed by atoms with Gasteiger partial charge in [-0.2, -0.15) is 0 Å². The maximum absolute atomic E-state index is 12.1. The van der Waals surface area contributed by atoms with Crippen molar-refractivity contribution >= 4 is 11.8 Å². The van der Waals surface area contributed by atoms with Crippen LogP contribution in [0.5, 0.6) is 11.5 Å². The molecule has 138 valence electrons. The van der Waals surface area contributed by atoms with Gasteiger partial charge in [-0.1, -0.05) is 44.2 Å². The Hall–Kier alpha value is -3.02. The number of hydrogen-bond acceptors (Lipinski definition) is 4. The summed E-state index contributed by atoms with van der Waals surface area (Å²) >= 11 is 0. The summed E-state index contributed by atoms with van der Waals surface area (Å²) in [4.78, 5) is 24.1. The molecule has 0 aromatic heterocycles. The molecule has 0 spiro atoms. The maximum Gasteiger partial charge on any atom is 0.276 e. The van der Waals surface area contributed by atoms with Crippen LogP contribution in [-0.2, 0) is 4.79 Å². The van der Waals surface area contributed by atoms with Crippen LogP contribution in [0.25, 0.3) is 0 Å². The van der Waals surface area contributed by atoms with E-state index in [0.29, 0.717) is 23.0 Å². The number of hydrazine groups is 1. The van der Waals surface area contributed by atoms with Crippen molar-refractivity contribution in [2.24, 2.45) is 0 Å². The van der Waals surface area contributed by atoms with E-state index in [-0.39, 0.29) is 6.61 Å². The third-order valence-electron chi connectivity index (χ3n) is 4.09. The van der Waals surface area contributed by atoms with E-state index in [9.17, 15) is 9.59 Å². The molecule has 1 unspecified atom stereocenters. The summed E-state index contributed by atoms with van der Waals surface area (Å²) in [7, 11) is 1.48. The summed E-state index contributed by atoms with van der Waals surface area (Å²) in [5.74, 6) is 0.522.